The lowest BCUT2D eigenvalue weighted by Gasteiger charge is -2.02. The van der Waals surface area contributed by atoms with Crippen LogP contribution in [-0.2, 0) is 0 Å². The highest BCUT2D eigenvalue weighted by molar-refractivity contribution is 6.03. The monoisotopic (exact) mass is 234 g/mol. The predicted molar refractivity (Wildman–Crippen MR) is 58.8 cm³/mol. The summed E-state index contributed by atoms with van der Waals surface area (Å²) < 4.78 is 0. The summed E-state index contributed by atoms with van der Waals surface area (Å²) in [7, 11) is 0. The second-order valence-corrected chi connectivity index (χ2v) is 3.40. The van der Waals surface area contributed by atoms with Crippen molar-refractivity contribution in [1.29, 1.82) is 0 Å². The molecule has 1 aromatic heterocycles. The second kappa shape index (κ2) is 4.12. The fraction of sp³-hybridized carbons (Fsp3) is 0.100. The van der Waals surface area contributed by atoms with E-state index in [4.69, 9.17) is 5.11 Å². The minimum Gasteiger partial charge on any atom is -0.504 e. The predicted octanol–water partition coefficient (Wildman–Crippen LogP) is 0.777. The molecule has 0 atom stereocenters. The number of carbonyl (C=O) groups excluding carboxylic acids is 1. The molecule has 0 aliphatic heterocycles. The molecule has 0 aliphatic rings. The smallest absolute Gasteiger partial charge is 0.258 e. The Kier molecular flexibility index (Phi) is 2.65. The number of hydrogen-bond donors (Lipinski definition) is 4. The molecule has 0 saturated heterocycles. The number of amides is 1. The summed E-state index contributed by atoms with van der Waals surface area (Å²) in [5.41, 5.74) is 0.197. The van der Waals surface area contributed by atoms with E-state index >= 15 is 0 Å². The Bertz CT molecular complexity index is 564. The van der Waals surface area contributed by atoms with Crippen LogP contribution in [-0.4, -0.2) is 31.3 Å². The van der Waals surface area contributed by atoms with Gasteiger partial charge < -0.3 is 10.2 Å². The highest BCUT2D eigenvalue weighted by Crippen LogP contribution is 2.24. The van der Waals surface area contributed by atoms with E-state index < -0.39 is 5.91 Å². The van der Waals surface area contributed by atoms with E-state index in [0.717, 1.165) is 6.07 Å². The average molecular weight is 234 g/mol. The van der Waals surface area contributed by atoms with Crippen molar-refractivity contribution in [3.8, 4) is 11.5 Å². The molecule has 1 aromatic carbocycles. The molecule has 2 aromatic rings. The second-order valence-electron chi connectivity index (χ2n) is 3.40. The van der Waals surface area contributed by atoms with E-state index in [2.05, 4.69) is 20.5 Å². The summed E-state index contributed by atoms with van der Waals surface area (Å²) in [6.07, 6.45) is 0. The fourth-order valence-electron chi connectivity index (χ4n) is 1.24. The number of phenolic OH excluding ortho intramolecular Hbond substituents is 2. The van der Waals surface area contributed by atoms with Gasteiger partial charge in [-0.15, -0.1) is 5.10 Å². The summed E-state index contributed by atoms with van der Waals surface area (Å²) in [5.74, 6) is -0.382. The van der Waals surface area contributed by atoms with Crippen molar-refractivity contribution in [2.24, 2.45) is 0 Å². The van der Waals surface area contributed by atoms with Gasteiger partial charge >= 0.3 is 0 Å². The molecule has 0 spiro atoms. The van der Waals surface area contributed by atoms with Crippen LogP contribution in [0.15, 0.2) is 18.2 Å². The number of aryl methyl sites for hydroxylation is 1. The number of phenols is 2. The topological polar surface area (TPSA) is 111 Å². The number of benzene rings is 1. The Morgan fingerprint density at radius 2 is 2.12 bits per heavy atom. The van der Waals surface area contributed by atoms with Crippen LogP contribution in [0.2, 0.25) is 0 Å². The normalized spacial score (nSPS) is 10.2. The van der Waals surface area contributed by atoms with Gasteiger partial charge in [-0.2, -0.15) is 4.98 Å². The van der Waals surface area contributed by atoms with Gasteiger partial charge in [0.1, 0.15) is 5.82 Å². The molecule has 0 radical (unpaired) electrons. The van der Waals surface area contributed by atoms with Gasteiger partial charge in [-0.3, -0.25) is 15.2 Å². The molecular formula is C10H10N4O3. The van der Waals surface area contributed by atoms with Crippen molar-refractivity contribution in [2.45, 2.75) is 6.92 Å². The Morgan fingerprint density at radius 1 is 1.35 bits per heavy atom. The molecule has 0 saturated carbocycles. The first-order chi connectivity index (χ1) is 8.06. The fourth-order valence-corrected chi connectivity index (χ4v) is 1.24. The van der Waals surface area contributed by atoms with Crippen molar-refractivity contribution in [2.75, 3.05) is 5.32 Å². The number of anilines is 1. The Hall–Kier alpha value is -2.57. The third kappa shape index (κ3) is 2.33. The standard InChI is InChI=1S/C10H10N4O3/c1-5-11-10(14-13-5)12-9(17)6-2-3-7(15)8(16)4-6/h2-4,15-16H,1H3,(H2,11,12,13,14,17). The SMILES string of the molecule is Cc1nc(NC(=O)c2ccc(O)c(O)c2)n[nH]1. The van der Waals surface area contributed by atoms with Gasteiger partial charge in [0.15, 0.2) is 11.5 Å². The molecule has 17 heavy (non-hydrogen) atoms. The van der Waals surface area contributed by atoms with E-state index in [1.165, 1.54) is 12.1 Å². The minimum absolute atomic E-state index is 0.153. The lowest BCUT2D eigenvalue weighted by Crippen LogP contribution is -2.12. The van der Waals surface area contributed by atoms with E-state index in [1.54, 1.807) is 6.92 Å². The molecular weight excluding hydrogens is 224 g/mol. The van der Waals surface area contributed by atoms with Crippen molar-refractivity contribution in [3.63, 3.8) is 0 Å². The first kappa shape index (κ1) is 10.9. The van der Waals surface area contributed by atoms with Crippen LogP contribution in [0.5, 0.6) is 11.5 Å². The zero-order valence-electron chi connectivity index (χ0n) is 8.93. The maximum atomic E-state index is 11.7. The van der Waals surface area contributed by atoms with Crippen molar-refractivity contribution in [3.05, 3.63) is 29.6 Å². The number of nitrogens with zero attached hydrogens (tertiary/aromatic N) is 2. The Labute approximate surface area is 96.1 Å². The summed E-state index contributed by atoms with van der Waals surface area (Å²) in [6.45, 7) is 1.70. The summed E-state index contributed by atoms with van der Waals surface area (Å²) in [6, 6.07) is 3.77. The molecule has 0 unspecified atom stereocenters. The van der Waals surface area contributed by atoms with Crippen LogP contribution in [0.25, 0.3) is 0 Å². The van der Waals surface area contributed by atoms with Gasteiger partial charge in [-0.1, -0.05) is 0 Å². The van der Waals surface area contributed by atoms with Crippen LogP contribution in [0, 0.1) is 6.92 Å². The number of hydrogen-bond acceptors (Lipinski definition) is 5. The Morgan fingerprint density at radius 3 is 2.71 bits per heavy atom. The van der Waals surface area contributed by atoms with E-state index in [-0.39, 0.29) is 23.0 Å². The van der Waals surface area contributed by atoms with Gasteiger partial charge in [0.05, 0.1) is 0 Å². The molecule has 1 heterocycles. The zero-order chi connectivity index (χ0) is 12.4. The minimum atomic E-state index is -0.473. The first-order valence-electron chi connectivity index (χ1n) is 4.78. The number of aromatic nitrogens is 3. The molecule has 0 bridgehead atoms. The number of aromatic hydroxyl groups is 2. The molecule has 4 N–H and O–H groups in total. The van der Waals surface area contributed by atoms with Crippen LogP contribution in [0.3, 0.4) is 0 Å². The first-order valence-corrected chi connectivity index (χ1v) is 4.78. The molecule has 7 nitrogen and oxygen atoms in total. The summed E-state index contributed by atoms with van der Waals surface area (Å²) in [5, 5.41) is 27.1. The summed E-state index contributed by atoms with van der Waals surface area (Å²) in [4.78, 5) is 15.6. The van der Waals surface area contributed by atoms with Crippen molar-refractivity contribution >= 4 is 11.9 Å². The number of H-pyrrole nitrogens is 1. The molecule has 88 valence electrons. The van der Waals surface area contributed by atoms with Crippen LogP contribution >= 0.6 is 0 Å². The Balaban J connectivity index is 2.17. The van der Waals surface area contributed by atoms with Crippen molar-refractivity contribution < 1.29 is 15.0 Å². The quantitative estimate of drug-likeness (QED) is 0.574. The molecule has 0 aliphatic carbocycles. The number of carbonyl (C=O) groups is 1. The molecule has 0 fully saturated rings. The third-order valence-corrected chi connectivity index (χ3v) is 2.06. The van der Waals surface area contributed by atoms with Crippen LogP contribution < -0.4 is 5.32 Å². The van der Waals surface area contributed by atoms with Gasteiger partial charge in [0, 0.05) is 5.56 Å². The number of nitrogens with one attached hydrogen (secondary N) is 2. The third-order valence-electron chi connectivity index (χ3n) is 2.06. The molecule has 7 heteroatoms. The average Bonchev–Trinajstić information content (AvgIpc) is 2.68. The summed E-state index contributed by atoms with van der Waals surface area (Å²) >= 11 is 0. The maximum absolute atomic E-state index is 11.7. The highest BCUT2D eigenvalue weighted by atomic mass is 16.3. The van der Waals surface area contributed by atoms with E-state index in [9.17, 15) is 9.90 Å². The zero-order valence-corrected chi connectivity index (χ0v) is 8.93. The van der Waals surface area contributed by atoms with E-state index in [0.29, 0.717) is 5.82 Å². The van der Waals surface area contributed by atoms with Gasteiger partial charge in [0.25, 0.3) is 5.91 Å². The number of rotatable bonds is 2. The largest absolute Gasteiger partial charge is 0.504 e. The lowest BCUT2D eigenvalue weighted by atomic mass is 10.2. The maximum Gasteiger partial charge on any atom is 0.258 e. The van der Waals surface area contributed by atoms with Crippen LogP contribution in [0.1, 0.15) is 16.2 Å². The number of aromatic amines is 1. The van der Waals surface area contributed by atoms with E-state index in [1.807, 2.05) is 0 Å². The van der Waals surface area contributed by atoms with Gasteiger partial charge in [-0.25, -0.2) is 0 Å². The molecule has 1 amide bonds. The highest BCUT2D eigenvalue weighted by Gasteiger charge is 2.10. The molecule has 2 rings (SSSR count). The van der Waals surface area contributed by atoms with Crippen LogP contribution in [0.4, 0.5) is 5.95 Å². The lowest BCUT2D eigenvalue weighted by molar-refractivity contribution is 0.102. The van der Waals surface area contributed by atoms with Gasteiger partial charge in [0.2, 0.25) is 5.95 Å². The van der Waals surface area contributed by atoms with Gasteiger partial charge in [-0.05, 0) is 25.1 Å². The van der Waals surface area contributed by atoms with Crippen molar-refractivity contribution in [1.82, 2.24) is 15.2 Å².